The number of hydrogen-bond acceptors (Lipinski definition) is 3. The molecule has 1 heterocycles. The molecule has 4 aliphatic carbocycles. The second kappa shape index (κ2) is 9.16. The number of carbonyl (C=O) groups excluding carboxylic acids is 2. The summed E-state index contributed by atoms with van der Waals surface area (Å²) in [5.74, 6) is 3.02. The van der Waals surface area contributed by atoms with Gasteiger partial charge in [0.05, 0.1) is 0 Å². The molecule has 0 saturated heterocycles. The van der Waals surface area contributed by atoms with Crippen LogP contribution in [-0.2, 0) is 10.2 Å². The topological polar surface area (TPSA) is 71.1 Å². The van der Waals surface area contributed by atoms with Crippen molar-refractivity contribution >= 4 is 17.6 Å². The third-order valence-electron chi connectivity index (χ3n) is 8.29. The van der Waals surface area contributed by atoms with Crippen molar-refractivity contribution in [1.82, 2.24) is 10.3 Å². The standard InChI is InChI=1S/C29H37N3O2/c1-18(2)10-25(28(34)32-26-9-4-19(3)17-30-26)31-27(33)23-5-7-24(8-6-23)29-14-20-11-21(15-29)13-22(12-20)16-29/h4-9,17-18,20-22,25H,10-16H2,1-3H3,(H,31,33)(H,30,32,34)/t20?,21?,22?,25-,29?/m1/s1. The minimum absolute atomic E-state index is 0.199. The first-order valence-corrected chi connectivity index (χ1v) is 12.9. The van der Waals surface area contributed by atoms with Gasteiger partial charge in [0, 0.05) is 11.8 Å². The number of nitrogens with one attached hydrogen (secondary N) is 2. The van der Waals surface area contributed by atoms with Gasteiger partial charge in [0.15, 0.2) is 0 Å². The van der Waals surface area contributed by atoms with Crippen LogP contribution >= 0.6 is 0 Å². The zero-order chi connectivity index (χ0) is 23.9. The van der Waals surface area contributed by atoms with Crippen molar-refractivity contribution in [3.05, 3.63) is 59.3 Å². The van der Waals surface area contributed by atoms with Crippen LogP contribution in [0.25, 0.3) is 0 Å². The molecular formula is C29H37N3O2. The number of hydrogen-bond donors (Lipinski definition) is 2. The Bertz CT molecular complexity index is 1010. The van der Waals surface area contributed by atoms with Crippen LogP contribution in [0.3, 0.4) is 0 Å². The Morgan fingerprint density at radius 2 is 1.59 bits per heavy atom. The van der Waals surface area contributed by atoms with Crippen LogP contribution < -0.4 is 10.6 Å². The van der Waals surface area contributed by atoms with E-state index in [0.717, 1.165) is 23.3 Å². The smallest absolute Gasteiger partial charge is 0.251 e. The zero-order valence-corrected chi connectivity index (χ0v) is 20.6. The van der Waals surface area contributed by atoms with Gasteiger partial charge in [0.1, 0.15) is 11.9 Å². The van der Waals surface area contributed by atoms with Crippen molar-refractivity contribution in [1.29, 1.82) is 0 Å². The Morgan fingerprint density at radius 1 is 0.971 bits per heavy atom. The lowest BCUT2D eigenvalue weighted by Gasteiger charge is -2.57. The van der Waals surface area contributed by atoms with Gasteiger partial charge in [-0.25, -0.2) is 4.98 Å². The molecule has 2 N–H and O–H groups in total. The first kappa shape index (κ1) is 23.1. The normalized spacial score (nSPS) is 28.1. The molecular weight excluding hydrogens is 422 g/mol. The predicted molar refractivity (Wildman–Crippen MR) is 135 cm³/mol. The van der Waals surface area contributed by atoms with Crippen LogP contribution in [0, 0.1) is 30.6 Å². The average molecular weight is 460 g/mol. The van der Waals surface area contributed by atoms with E-state index in [1.165, 1.54) is 44.1 Å². The van der Waals surface area contributed by atoms with Crippen LogP contribution in [0.15, 0.2) is 42.6 Å². The predicted octanol–water partition coefficient (Wildman–Crippen LogP) is 5.64. The molecule has 34 heavy (non-hydrogen) atoms. The van der Waals surface area contributed by atoms with E-state index in [-0.39, 0.29) is 17.7 Å². The highest BCUT2D eigenvalue weighted by Crippen LogP contribution is 2.60. The van der Waals surface area contributed by atoms with Crippen molar-refractivity contribution in [2.24, 2.45) is 23.7 Å². The van der Waals surface area contributed by atoms with Crippen molar-refractivity contribution in [3.63, 3.8) is 0 Å². The Hall–Kier alpha value is -2.69. The third-order valence-corrected chi connectivity index (χ3v) is 8.29. The Kier molecular flexibility index (Phi) is 6.22. The molecule has 4 fully saturated rings. The lowest BCUT2D eigenvalue weighted by Crippen LogP contribution is -2.48. The largest absolute Gasteiger partial charge is 0.340 e. The molecule has 4 bridgehead atoms. The summed E-state index contributed by atoms with van der Waals surface area (Å²) in [6, 6.07) is 11.3. The van der Waals surface area contributed by atoms with Crippen LogP contribution in [0.1, 0.15) is 80.3 Å². The monoisotopic (exact) mass is 459 g/mol. The van der Waals surface area contributed by atoms with Crippen LogP contribution in [-0.4, -0.2) is 22.8 Å². The molecule has 2 amide bonds. The minimum atomic E-state index is -0.613. The molecule has 180 valence electrons. The maximum atomic E-state index is 13.1. The Morgan fingerprint density at radius 3 is 2.12 bits per heavy atom. The summed E-state index contributed by atoms with van der Waals surface area (Å²) in [4.78, 5) is 30.3. The van der Waals surface area contributed by atoms with Gasteiger partial charge in [-0.3, -0.25) is 9.59 Å². The number of carbonyl (C=O) groups is 2. The molecule has 0 aliphatic heterocycles. The number of anilines is 1. The van der Waals surface area contributed by atoms with Crippen molar-refractivity contribution in [2.75, 3.05) is 5.32 Å². The Labute approximate surface area is 203 Å². The highest BCUT2D eigenvalue weighted by Gasteiger charge is 2.51. The molecule has 6 rings (SSSR count). The number of nitrogens with zero attached hydrogens (tertiary/aromatic N) is 1. The summed E-state index contributed by atoms with van der Waals surface area (Å²) in [6.45, 7) is 6.06. The van der Waals surface area contributed by atoms with Gasteiger partial charge in [0.2, 0.25) is 5.91 Å². The molecule has 1 aromatic carbocycles. The quantitative estimate of drug-likeness (QED) is 0.563. The molecule has 0 spiro atoms. The van der Waals surface area contributed by atoms with Gasteiger partial charge >= 0.3 is 0 Å². The molecule has 5 nitrogen and oxygen atoms in total. The fraction of sp³-hybridized carbons (Fsp3) is 0.552. The van der Waals surface area contributed by atoms with Gasteiger partial charge in [0.25, 0.3) is 5.91 Å². The van der Waals surface area contributed by atoms with Gasteiger partial charge in [-0.05, 0) is 110 Å². The summed E-state index contributed by atoms with van der Waals surface area (Å²) < 4.78 is 0. The molecule has 2 aromatic rings. The summed E-state index contributed by atoms with van der Waals surface area (Å²) in [5.41, 5.74) is 3.38. The number of benzene rings is 1. The Balaban J connectivity index is 1.27. The number of pyridine rings is 1. The zero-order valence-electron chi connectivity index (χ0n) is 20.6. The number of aryl methyl sites for hydroxylation is 1. The maximum absolute atomic E-state index is 13.1. The van der Waals surface area contributed by atoms with Gasteiger partial charge in [-0.2, -0.15) is 0 Å². The van der Waals surface area contributed by atoms with Gasteiger partial charge < -0.3 is 10.6 Å². The lowest BCUT2D eigenvalue weighted by molar-refractivity contribution is -0.118. The van der Waals surface area contributed by atoms with E-state index in [2.05, 4.69) is 41.6 Å². The van der Waals surface area contributed by atoms with E-state index in [9.17, 15) is 9.59 Å². The van der Waals surface area contributed by atoms with Crippen LogP contribution in [0.2, 0.25) is 0 Å². The van der Waals surface area contributed by atoms with Crippen molar-refractivity contribution in [3.8, 4) is 0 Å². The van der Waals surface area contributed by atoms with Gasteiger partial charge in [-0.15, -0.1) is 0 Å². The van der Waals surface area contributed by atoms with E-state index in [0.29, 0.717) is 23.2 Å². The van der Waals surface area contributed by atoms with E-state index in [4.69, 9.17) is 0 Å². The fourth-order valence-electron chi connectivity index (χ4n) is 7.14. The summed E-state index contributed by atoms with van der Waals surface area (Å²) >= 11 is 0. The SMILES string of the molecule is Cc1ccc(NC(=O)[C@@H](CC(C)C)NC(=O)c2ccc(C34CC5CC(CC(C5)C3)C4)cc2)nc1. The lowest BCUT2D eigenvalue weighted by atomic mass is 9.48. The van der Waals surface area contributed by atoms with E-state index in [1.54, 1.807) is 12.3 Å². The maximum Gasteiger partial charge on any atom is 0.251 e. The highest BCUT2D eigenvalue weighted by molar-refractivity contribution is 6.00. The molecule has 5 heteroatoms. The summed E-state index contributed by atoms with van der Waals surface area (Å²) in [7, 11) is 0. The van der Waals surface area contributed by atoms with Crippen LogP contribution in [0.5, 0.6) is 0 Å². The summed E-state index contributed by atoms with van der Waals surface area (Å²) in [5, 5.41) is 5.82. The number of amides is 2. The number of aromatic nitrogens is 1. The van der Waals surface area contributed by atoms with Crippen molar-refractivity contribution in [2.45, 2.75) is 77.2 Å². The molecule has 0 unspecified atom stereocenters. The molecule has 1 atom stereocenters. The second-order valence-electron chi connectivity index (χ2n) is 11.6. The minimum Gasteiger partial charge on any atom is -0.340 e. The number of rotatable bonds is 7. The van der Waals surface area contributed by atoms with E-state index >= 15 is 0 Å². The molecule has 1 aromatic heterocycles. The van der Waals surface area contributed by atoms with Crippen molar-refractivity contribution < 1.29 is 9.59 Å². The van der Waals surface area contributed by atoms with Gasteiger partial charge in [-0.1, -0.05) is 32.0 Å². The van der Waals surface area contributed by atoms with E-state index in [1.807, 2.05) is 25.1 Å². The average Bonchev–Trinajstić information content (AvgIpc) is 2.79. The second-order valence-corrected chi connectivity index (χ2v) is 11.6. The first-order valence-electron chi connectivity index (χ1n) is 12.9. The molecule has 4 aliphatic rings. The van der Waals surface area contributed by atoms with Crippen LogP contribution in [0.4, 0.5) is 5.82 Å². The molecule has 0 radical (unpaired) electrons. The molecule has 4 saturated carbocycles. The highest BCUT2D eigenvalue weighted by atomic mass is 16.2. The third kappa shape index (κ3) is 4.75. The first-order chi connectivity index (χ1) is 16.3. The summed E-state index contributed by atoms with van der Waals surface area (Å²) in [6.07, 6.45) is 10.5. The van der Waals surface area contributed by atoms with E-state index < -0.39 is 6.04 Å². The fourth-order valence-corrected chi connectivity index (χ4v) is 7.14.